The second-order valence-corrected chi connectivity index (χ2v) is 5.05. The fraction of sp³-hybridized carbons (Fsp3) is 0.0769. The molecular weight excluding hydrogens is 305 g/mol. The molecule has 1 atom stereocenters. The lowest BCUT2D eigenvalue weighted by Gasteiger charge is -2.13. The number of hydrogen-bond acceptors (Lipinski definition) is 1. The monoisotopic (exact) mass is 313 g/mol. The molecule has 1 nitrogen and oxygen atoms in total. The van der Waals surface area contributed by atoms with Crippen molar-refractivity contribution in [2.24, 2.45) is 5.73 Å². The number of nitrogens with two attached hydrogens (primary N) is 1. The van der Waals surface area contributed by atoms with Crippen LogP contribution in [-0.4, -0.2) is 0 Å². The van der Waals surface area contributed by atoms with Crippen LogP contribution in [0.4, 0.5) is 4.39 Å². The van der Waals surface area contributed by atoms with Gasteiger partial charge in [0.05, 0.1) is 6.04 Å². The first-order valence-corrected chi connectivity index (χ1v) is 6.21. The van der Waals surface area contributed by atoms with E-state index in [1.165, 1.54) is 6.07 Å². The van der Waals surface area contributed by atoms with Crippen molar-refractivity contribution in [1.82, 2.24) is 0 Å². The highest BCUT2D eigenvalue weighted by atomic mass is 79.9. The van der Waals surface area contributed by atoms with Crippen LogP contribution in [0.3, 0.4) is 0 Å². The number of rotatable bonds is 2. The van der Waals surface area contributed by atoms with Crippen molar-refractivity contribution in [2.45, 2.75) is 6.04 Å². The third-order valence-electron chi connectivity index (χ3n) is 2.53. The predicted molar refractivity (Wildman–Crippen MR) is 71.6 cm³/mol. The van der Waals surface area contributed by atoms with E-state index >= 15 is 0 Å². The molecule has 0 bridgehead atoms. The SMILES string of the molecule is NC(c1ccc(Cl)cc1)c1ccc(Br)cc1F. The summed E-state index contributed by atoms with van der Waals surface area (Å²) in [6.45, 7) is 0. The highest BCUT2D eigenvalue weighted by Gasteiger charge is 2.13. The van der Waals surface area contributed by atoms with Gasteiger partial charge in [0.2, 0.25) is 0 Å². The molecule has 0 radical (unpaired) electrons. The normalized spacial score (nSPS) is 12.5. The Kier molecular flexibility index (Phi) is 3.82. The number of hydrogen-bond donors (Lipinski definition) is 1. The summed E-state index contributed by atoms with van der Waals surface area (Å²) in [6, 6.07) is 11.5. The topological polar surface area (TPSA) is 26.0 Å². The van der Waals surface area contributed by atoms with Gasteiger partial charge < -0.3 is 5.73 Å². The van der Waals surface area contributed by atoms with Crippen molar-refractivity contribution in [2.75, 3.05) is 0 Å². The Balaban J connectivity index is 2.36. The van der Waals surface area contributed by atoms with Gasteiger partial charge in [-0.15, -0.1) is 0 Å². The Labute approximate surface area is 113 Å². The number of halogens is 3. The predicted octanol–water partition coefficient (Wildman–Crippen LogP) is 4.29. The molecule has 0 heterocycles. The standard InChI is InChI=1S/C13H10BrClFN/c14-9-3-6-11(12(16)7-9)13(17)8-1-4-10(15)5-2-8/h1-7,13H,17H2. The van der Waals surface area contributed by atoms with Crippen LogP contribution < -0.4 is 5.73 Å². The fourth-order valence-corrected chi connectivity index (χ4v) is 2.06. The zero-order chi connectivity index (χ0) is 12.4. The second kappa shape index (κ2) is 5.17. The quantitative estimate of drug-likeness (QED) is 0.879. The first kappa shape index (κ1) is 12.6. The Morgan fingerprint density at radius 2 is 1.76 bits per heavy atom. The van der Waals surface area contributed by atoms with Crippen LogP contribution in [0.15, 0.2) is 46.9 Å². The molecule has 0 aliphatic carbocycles. The molecule has 0 amide bonds. The summed E-state index contributed by atoms with van der Waals surface area (Å²) in [5.74, 6) is -0.318. The van der Waals surface area contributed by atoms with Gasteiger partial charge in [-0.1, -0.05) is 45.7 Å². The van der Waals surface area contributed by atoms with Gasteiger partial charge in [-0.2, -0.15) is 0 Å². The van der Waals surface area contributed by atoms with Crippen LogP contribution in [0.1, 0.15) is 17.2 Å². The lowest BCUT2D eigenvalue weighted by atomic mass is 9.99. The van der Waals surface area contributed by atoms with Crippen molar-refractivity contribution in [3.05, 3.63) is 68.9 Å². The first-order chi connectivity index (χ1) is 8.08. The van der Waals surface area contributed by atoms with Gasteiger partial charge >= 0.3 is 0 Å². The van der Waals surface area contributed by atoms with E-state index < -0.39 is 6.04 Å². The van der Waals surface area contributed by atoms with Crippen molar-refractivity contribution in [3.63, 3.8) is 0 Å². The summed E-state index contributed by atoms with van der Waals surface area (Å²) in [7, 11) is 0. The van der Waals surface area contributed by atoms with E-state index in [1.807, 2.05) is 0 Å². The third kappa shape index (κ3) is 2.86. The van der Waals surface area contributed by atoms with Gasteiger partial charge in [-0.3, -0.25) is 0 Å². The van der Waals surface area contributed by atoms with Crippen LogP contribution in [0.2, 0.25) is 5.02 Å². The Hall–Kier alpha value is -0.900. The van der Waals surface area contributed by atoms with Gasteiger partial charge in [0.25, 0.3) is 0 Å². The van der Waals surface area contributed by atoms with E-state index in [1.54, 1.807) is 36.4 Å². The van der Waals surface area contributed by atoms with E-state index in [0.29, 0.717) is 15.1 Å². The van der Waals surface area contributed by atoms with Crippen molar-refractivity contribution in [3.8, 4) is 0 Å². The molecule has 1 unspecified atom stereocenters. The molecule has 2 aromatic rings. The van der Waals surface area contributed by atoms with E-state index in [4.69, 9.17) is 17.3 Å². The zero-order valence-corrected chi connectivity index (χ0v) is 11.2. The Bertz CT molecular complexity index is 527. The summed E-state index contributed by atoms with van der Waals surface area (Å²) in [6.07, 6.45) is 0. The van der Waals surface area contributed by atoms with Crippen LogP contribution in [0.25, 0.3) is 0 Å². The summed E-state index contributed by atoms with van der Waals surface area (Å²) in [5, 5.41) is 0.636. The molecule has 4 heteroatoms. The zero-order valence-electron chi connectivity index (χ0n) is 8.83. The molecule has 2 N–H and O–H groups in total. The van der Waals surface area contributed by atoms with E-state index in [9.17, 15) is 4.39 Å². The molecule has 0 saturated heterocycles. The molecule has 0 aromatic heterocycles. The average molecular weight is 315 g/mol. The molecule has 88 valence electrons. The molecule has 0 saturated carbocycles. The van der Waals surface area contributed by atoms with Crippen LogP contribution in [-0.2, 0) is 0 Å². The fourth-order valence-electron chi connectivity index (χ4n) is 1.60. The number of benzene rings is 2. The first-order valence-electron chi connectivity index (χ1n) is 5.04. The average Bonchev–Trinajstić information content (AvgIpc) is 2.29. The van der Waals surface area contributed by atoms with Gasteiger partial charge in [-0.25, -0.2) is 4.39 Å². The summed E-state index contributed by atoms with van der Waals surface area (Å²) in [4.78, 5) is 0. The minimum Gasteiger partial charge on any atom is -0.320 e. The molecule has 0 aliphatic heterocycles. The van der Waals surface area contributed by atoms with Gasteiger partial charge in [0.1, 0.15) is 5.82 Å². The van der Waals surface area contributed by atoms with Crippen LogP contribution >= 0.6 is 27.5 Å². The maximum atomic E-state index is 13.7. The van der Waals surface area contributed by atoms with Crippen LogP contribution in [0.5, 0.6) is 0 Å². The lowest BCUT2D eigenvalue weighted by molar-refractivity contribution is 0.599. The lowest BCUT2D eigenvalue weighted by Crippen LogP contribution is -2.13. The molecule has 0 aliphatic rings. The van der Waals surface area contributed by atoms with E-state index in [-0.39, 0.29) is 5.82 Å². The summed E-state index contributed by atoms with van der Waals surface area (Å²) >= 11 is 9.01. The Morgan fingerprint density at radius 1 is 1.12 bits per heavy atom. The molecule has 0 fully saturated rings. The van der Waals surface area contributed by atoms with Gasteiger partial charge in [-0.05, 0) is 29.8 Å². The maximum absolute atomic E-state index is 13.7. The van der Waals surface area contributed by atoms with E-state index in [2.05, 4.69) is 15.9 Å². The largest absolute Gasteiger partial charge is 0.320 e. The second-order valence-electron chi connectivity index (χ2n) is 3.70. The minimum atomic E-state index is -0.486. The van der Waals surface area contributed by atoms with Crippen molar-refractivity contribution in [1.29, 1.82) is 0 Å². The minimum absolute atomic E-state index is 0.318. The molecular formula is C13H10BrClFN. The van der Waals surface area contributed by atoms with Crippen LogP contribution in [0, 0.1) is 5.82 Å². The summed E-state index contributed by atoms with van der Waals surface area (Å²) < 4.78 is 14.4. The highest BCUT2D eigenvalue weighted by molar-refractivity contribution is 9.10. The van der Waals surface area contributed by atoms with Gasteiger partial charge in [0.15, 0.2) is 0 Å². The Morgan fingerprint density at radius 3 is 2.35 bits per heavy atom. The van der Waals surface area contributed by atoms with Gasteiger partial charge in [0, 0.05) is 15.1 Å². The molecule has 2 aromatic carbocycles. The molecule has 17 heavy (non-hydrogen) atoms. The highest BCUT2D eigenvalue weighted by Crippen LogP contribution is 2.25. The van der Waals surface area contributed by atoms with Crippen molar-refractivity contribution < 1.29 is 4.39 Å². The smallest absolute Gasteiger partial charge is 0.129 e. The maximum Gasteiger partial charge on any atom is 0.129 e. The summed E-state index contributed by atoms with van der Waals surface area (Å²) in [5.41, 5.74) is 7.32. The molecule has 2 rings (SSSR count). The molecule has 0 spiro atoms. The van der Waals surface area contributed by atoms with Crippen molar-refractivity contribution >= 4 is 27.5 Å². The van der Waals surface area contributed by atoms with E-state index in [0.717, 1.165) is 5.56 Å². The third-order valence-corrected chi connectivity index (χ3v) is 3.27.